The van der Waals surface area contributed by atoms with Gasteiger partial charge in [0.2, 0.25) is 5.91 Å². The van der Waals surface area contributed by atoms with Gasteiger partial charge in [0.25, 0.3) is 5.91 Å². The van der Waals surface area contributed by atoms with Crippen LogP contribution in [0.4, 0.5) is 0 Å². The van der Waals surface area contributed by atoms with Crippen molar-refractivity contribution in [1.82, 2.24) is 10.2 Å². The SMILES string of the molecule is C=CC(=O)NC1CCN(C(=O)COc2ccccc2)C1. The zero-order chi connectivity index (χ0) is 14.4. The molecule has 1 atom stereocenters. The normalized spacial score (nSPS) is 17.6. The average molecular weight is 274 g/mol. The second-order valence-corrected chi connectivity index (χ2v) is 4.64. The van der Waals surface area contributed by atoms with E-state index in [1.54, 1.807) is 4.90 Å². The second-order valence-electron chi connectivity index (χ2n) is 4.64. The van der Waals surface area contributed by atoms with Gasteiger partial charge in [-0.2, -0.15) is 0 Å². The number of amides is 2. The number of likely N-dealkylation sites (tertiary alicyclic amines) is 1. The van der Waals surface area contributed by atoms with Gasteiger partial charge < -0.3 is 15.0 Å². The number of nitrogens with zero attached hydrogens (tertiary/aromatic N) is 1. The third-order valence-corrected chi connectivity index (χ3v) is 3.18. The van der Waals surface area contributed by atoms with Gasteiger partial charge in [-0.1, -0.05) is 24.8 Å². The Kier molecular flexibility index (Phi) is 4.76. The molecular weight excluding hydrogens is 256 g/mol. The maximum Gasteiger partial charge on any atom is 0.260 e. The summed E-state index contributed by atoms with van der Waals surface area (Å²) in [6.07, 6.45) is 2.00. The van der Waals surface area contributed by atoms with Crippen LogP contribution in [0.5, 0.6) is 5.75 Å². The molecule has 1 heterocycles. The number of nitrogens with one attached hydrogen (secondary N) is 1. The van der Waals surface area contributed by atoms with Gasteiger partial charge >= 0.3 is 0 Å². The van der Waals surface area contributed by atoms with Crippen molar-refractivity contribution in [2.24, 2.45) is 0 Å². The maximum atomic E-state index is 12.0. The van der Waals surface area contributed by atoms with E-state index in [1.165, 1.54) is 6.08 Å². The van der Waals surface area contributed by atoms with Crippen molar-refractivity contribution in [2.45, 2.75) is 12.5 Å². The van der Waals surface area contributed by atoms with E-state index in [1.807, 2.05) is 30.3 Å². The Morgan fingerprint density at radius 1 is 1.40 bits per heavy atom. The summed E-state index contributed by atoms with van der Waals surface area (Å²) >= 11 is 0. The molecule has 1 aromatic carbocycles. The highest BCUT2D eigenvalue weighted by atomic mass is 16.5. The molecule has 0 spiro atoms. The average Bonchev–Trinajstić information content (AvgIpc) is 2.94. The minimum absolute atomic E-state index is 0.00109. The van der Waals surface area contributed by atoms with Crippen LogP contribution >= 0.6 is 0 Å². The highest BCUT2D eigenvalue weighted by Gasteiger charge is 2.26. The van der Waals surface area contributed by atoms with Gasteiger partial charge in [0, 0.05) is 19.1 Å². The largest absolute Gasteiger partial charge is 0.484 e. The van der Waals surface area contributed by atoms with Crippen LogP contribution in [-0.4, -0.2) is 42.5 Å². The Balaban J connectivity index is 1.77. The van der Waals surface area contributed by atoms with Crippen LogP contribution in [0.3, 0.4) is 0 Å². The summed E-state index contributed by atoms with van der Waals surface area (Å²) in [5, 5.41) is 2.80. The predicted octanol–water partition coefficient (Wildman–Crippen LogP) is 0.968. The summed E-state index contributed by atoms with van der Waals surface area (Å²) in [5.74, 6) is 0.408. The molecule has 0 aromatic heterocycles. The highest BCUT2D eigenvalue weighted by molar-refractivity contribution is 5.87. The number of hydrogen-bond acceptors (Lipinski definition) is 3. The van der Waals surface area contributed by atoms with E-state index in [2.05, 4.69) is 11.9 Å². The van der Waals surface area contributed by atoms with E-state index in [9.17, 15) is 9.59 Å². The Bertz CT molecular complexity index is 487. The van der Waals surface area contributed by atoms with Crippen LogP contribution in [0.25, 0.3) is 0 Å². The molecule has 1 aromatic rings. The van der Waals surface area contributed by atoms with Gasteiger partial charge in [-0.25, -0.2) is 0 Å². The van der Waals surface area contributed by atoms with Gasteiger partial charge in [-0.3, -0.25) is 9.59 Å². The quantitative estimate of drug-likeness (QED) is 0.814. The Morgan fingerprint density at radius 3 is 2.85 bits per heavy atom. The molecule has 1 aliphatic heterocycles. The van der Waals surface area contributed by atoms with E-state index < -0.39 is 0 Å². The fourth-order valence-electron chi connectivity index (χ4n) is 2.12. The van der Waals surface area contributed by atoms with Crippen molar-refractivity contribution in [3.8, 4) is 5.75 Å². The van der Waals surface area contributed by atoms with E-state index in [-0.39, 0.29) is 24.5 Å². The molecule has 1 N–H and O–H groups in total. The highest BCUT2D eigenvalue weighted by Crippen LogP contribution is 2.12. The summed E-state index contributed by atoms with van der Waals surface area (Å²) in [7, 11) is 0. The molecule has 2 amide bonds. The van der Waals surface area contributed by atoms with Crippen molar-refractivity contribution in [2.75, 3.05) is 19.7 Å². The number of para-hydroxylation sites is 1. The smallest absolute Gasteiger partial charge is 0.260 e. The first-order valence-electron chi connectivity index (χ1n) is 6.57. The second kappa shape index (κ2) is 6.75. The van der Waals surface area contributed by atoms with Gasteiger partial charge in [0.15, 0.2) is 6.61 Å². The van der Waals surface area contributed by atoms with Crippen molar-refractivity contribution in [3.05, 3.63) is 43.0 Å². The van der Waals surface area contributed by atoms with Gasteiger partial charge in [0.05, 0.1) is 0 Å². The van der Waals surface area contributed by atoms with Crippen LogP contribution < -0.4 is 10.1 Å². The van der Waals surface area contributed by atoms with Crippen molar-refractivity contribution < 1.29 is 14.3 Å². The van der Waals surface area contributed by atoms with Crippen LogP contribution in [0.15, 0.2) is 43.0 Å². The molecule has 0 saturated carbocycles. The molecule has 0 aliphatic carbocycles. The zero-order valence-corrected chi connectivity index (χ0v) is 11.2. The van der Waals surface area contributed by atoms with Crippen molar-refractivity contribution in [1.29, 1.82) is 0 Å². The molecule has 0 radical (unpaired) electrons. The van der Waals surface area contributed by atoms with Crippen LogP contribution in [-0.2, 0) is 9.59 Å². The standard InChI is InChI=1S/C15H18N2O3/c1-2-14(18)16-12-8-9-17(10-12)15(19)11-20-13-6-4-3-5-7-13/h2-7,12H,1,8-11H2,(H,16,18). The summed E-state index contributed by atoms with van der Waals surface area (Å²) in [4.78, 5) is 24.9. The van der Waals surface area contributed by atoms with E-state index >= 15 is 0 Å². The fraction of sp³-hybridized carbons (Fsp3) is 0.333. The fourth-order valence-corrected chi connectivity index (χ4v) is 2.12. The van der Waals surface area contributed by atoms with Crippen molar-refractivity contribution in [3.63, 3.8) is 0 Å². The van der Waals surface area contributed by atoms with E-state index in [4.69, 9.17) is 4.74 Å². The molecule has 5 heteroatoms. The Hall–Kier alpha value is -2.30. The Labute approximate surface area is 118 Å². The van der Waals surface area contributed by atoms with Crippen LogP contribution in [0.2, 0.25) is 0 Å². The van der Waals surface area contributed by atoms with E-state index in [0.29, 0.717) is 18.8 Å². The predicted molar refractivity (Wildman–Crippen MR) is 75.3 cm³/mol. The third kappa shape index (κ3) is 3.85. The lowest BCUT2D eigenvalue weighted by atomic mass is 10.2. The maximum absolute atomic E-state index is 12.0. The van der Waals surface area contributed by atoms with Gasteiger partial charge in [0.1, 0.15) is 5.75 Å². The third-order valence-electron chi connectivity index (χ3n) is 3.18. The number of carbonyl (C=O) groups excluding carboxylic acids is 2. The number of rotatable bonds is 5. The van der Waals surface area contributed by atoms with Gasteiger partial charge in [-0.15, -0.1) is 0 Å². The lowest BCUT2D eigenvalue weighted by Crippen LogP contribution is -2.39. The monoisotopic (exact) mass is 274 g/mol. The van der Waals surface area contributed by atoms with Gasteiger partial charge in [-0.05, 0) is 24.6 Å². The number of benzene rings is 1. The first kappa shape index (κ1) is 14.1. The van der Waals surface area contributed by atoms with Crippen LogP contribution in [0.1, 0.15) is 6.42 Å². The first-order valence-corrected chi connectivity index (χ1v) is 6.57. The molecule has 5 nitrogen and oxygen atoms in total. The topological polar surface area (TPSA) is 58.6 Å². The summed E-state index contributed by atoms with van der Waals surface area (Å²) < 4.78 is 5.42. The van der Waals surface area contributed by atoms with E-state index in [0.717, 1.165) is 6.42 Å². The molecule has 1 aliphatic rings. The number of hydrogen-bond donors (Lipinski definition) is 1. The first-order chi connectivity index (χ1) is 9.69. The zero-order valence-electron chi connectivity index (χ0n) is 11.2. The minimum atomic E-state index is -0.204. The number of ether oxygens (including phenoxy) is 1. The molecular formula is C15H18N2O3. The van der Waals surface area contributed by atoms with Crippen molar-refractivity contribution >= 4 is 11.8 Å². The summed E-state index contributed by atoms with van der Waals surface area (Å²) in [6, 6.07) is 9.23. The lowest BCUT2D eigenvalue weighted by Gasteiger charge is -2.17. The minimum Gasteiger partial charge on any atom is -0.484 e. The number of carbonyl (C=O) groups is 2. The lowest BCUT2D eigenvalue weighted by molar-refractivity contribution is -0.132. The van der Waals surface area contributed by atoms with Crippen LogP contribution in [0, 0.1) is 0 Å². The molecule has 0 bridgehead atoms. The molecule has 1 unspecified atom stereocenters. The Morgan fingerprint density at radius 2 is 2.15 bits per heavy atom. The molecule has 1 saturated heterocycles. The molecule has 2 rings (SSSR count). The molecule has 20 heavy (non-hydrogen) atoms. The summed E-state index contributed by atoms with van der Waals surface area (Å²) in [6.45, 7) is 4.59. The summed E-state index contributed by atoms with van der Waals surface area (Å²) in [5.41, 5.74) is 0. The molecule has 106 valence electrons. The molecule has 1 fully saturated rings.